The Labute approximate surface area is 223 Å². The fourth-order valence-electron chi connectivity index (χ4n) is 5.67. The summed E-state index contributed by atoms with van der Waals surface area (Å²) in [6.45, 7) is 8.55. The highest BCUT2D eigenvalue weighted by Gasteiger charge is 2.42. The largest absolute Gasteiger partial charge is 0.493 e. The molecule has 202 valence electrons. The number of guanidine groups is 1. The first-order chi connectivity index (χ1) is 18.2. The van der Waals surface area contributed by atoms with Gasteiger partial charge in [0.1, 0.15) is 24.2 Å². The van der Waals surface area contributed by atoms with Crippen LogP contribution in [0.5, 0.6) is 11.5 Å². The Hall–Kier alpha value is -3.59. The van der Waals surface area contributed by atoms with Crippen molar-refractivity contribution in [3.05, 3.63) is 58.1 Å². The molecule has 3 heterocycles. The second kappa shape index (κ2) is 9.94. The van der Waals surface area contributed by atoms with Crippen molar-refractivity contribution in [3.63, 3.8) is 0 Å². The van der Waals surface area contributed by atoms with E-state index in [0.29, 0.717) is 36.5 Å². The standard InChI is InChI=1S/C29H36N4O5/c1-5-29(6-2)14-25(35)33(28(30)32-29)21-9-10-37-23-8-7-18(13-19(21)23)27(36)31-26-20-11-16(3)17(4)12-24(20)38-15-22(26)34/h7-8,11-13,21-22,26,34H,5-6,9-10,14-15H2,1-4H3,(H2,30,32)(H,31,36)/t21-,22-,26-/m1/s1. The smallest absolute Gasteiger partial charge is 0.251 e. The number of aliphatic hydroxyl groups excluding tert-OH is 1. The number of hydrogen-bond donors (Lipinski definition) is 3. The number of benzene rings is 2. The number of carbonyl (C=O) groups excluding carboxylic acids is 2. The zero-order valence-electron chi connectivity index (χ0n) is 22.4. The van der Waals surface area contributed by atoms with Gasteiger partial charge in [0.05, 0.1) is 30.7 Å². The summed E-state index contributed by atoms with van der Waals surface area (Å²) < 4.78 is 11.6. The van der Waals surface area contributed by atoms with Crippen molar-refractivity contribution in [3.8, 4) is 11.5 Å². The van der Waals surface area contributed by atoms with Gasteiger partial charge in [-0.15, -0.1) is 0 Å². The summed E-state index contributed by atoms with van der Waals surface area (Å²) in [5.41, 5.74) is 9.92. The van der Waals surface area contributed by atoms with E-state index in [2.05, 4.69) is 5.32 Å². The fourth-order valence-corrected chi connectivity index (χ4v) is 5.67. The molecule has 3 aliphatic heterocycles. The molecule has 0 radical (unpaired) electrons. The molecule has 9 heteroatoms. The van der Waals surface area contributed by atoms with Crippen LogP contribution in [0.2, 0.25) is 0 Å². The summed E-state index contributed by atoms with van der Waals surface area (Å²) in [4.78, 5) is 33.1. The number of amides is 2. The molecular weight excluding hydrogens is 484 g/mol. The van der Waals surface area contributed by atoms with E-state index in [0.717, 1.165) is 35.1 Å². The summed E-state index contributed by atoms with van der Waals surface area (Å²) >= 11 is 0. The number of fused-ring (bicyclic) bond motifs is 2. The molecule has 9 nitrogen and oxygen atoms in total. The minimum absolute atomic E-state index is 0.0681. The summed E-state index contributed by atoms with van der Waals surface area (Å²) in [6, 6.07) is 8.09. The normalized spacial score (nSPS) is 23.9. The van der Waals surface area contributed by atoms with Gasteiger partial charge in [0.15, 0.2) is 5.96 Å². The third-order valence-corrected chi connectivity index (χ3v) is 8.30. The second-order valence-electron chi connectivity index (χ2n) is 10.6. The van der Waals surface area contributed by atoms with Crippen LogP contribution < -0.4 is 20.5 Å². The molecule has 0 fully saturated rings. The summed E-state index contributed by atoms with van der Waals surface area (Å²) in [6.07, 6.45) is 1.42. The van der Waals surface area contributed by atoms with Crippen molar-refractivity contribution in [2.75, 3.05) is 13.2 Å². The van der Waals surface area contributed by atoms with Gasteiger partial charge < -0.3 is 25.6 Å². The van der Waals surface area contributed by atoms with Crippen LogP contribution in [0.3, 0.4) is 0 Å². The molecule has 0 unspecified atom stereocenters. The Bertz CT molecular complexity index is 1300. The van der Waals surface area contributed by atoms with E-state index in [1.165, 1.54) is 0 Å². The zero-order valence-corrected chi connectivity index (χ0v) is 22.4. The Morgan fingerprint density at radius 3 is 2.58 bits per heavy atom. The molecule has 5 rings (SSSR count). The van der Waals surface area contributed by atoms with Crippen LogP contribution in [0.4, 0.5) is 0 Å². The lowest BCUT2D eigenvalue weighted by molar-refractivity contribution is -0.132. The minimum Gasteiger partial charge on any atom is -0.493 e. The van der Waals surface area contributed by atoms with E-state index >= 15 is 0 Å². The van der Waals surface area contributed by atoms with Crippen molar-refractivity contribution < 1.29 is 24.2 Å². The molecule has 3 atom stereocenters. The van der Waals surface area contributed by atoms with E-state index in [9.17, 15) is 14.7 Å². The van der Waals surface area contributed by atoms with Gasteiger partial charge in [-0.3, -0.25) is 14.5 Å². The van der Waals surface area contributed by atoms with Crippen molar-refractivity contribution in [2.45, 2.75) is 77.1 Å². The predicted molar refractivity (Wildman–Crippen MR) is 143 cm³/mol. The van der Waals surface area contributed by atoms with E-state index in [4.69, 9.17) is 20.2 Å². The van der Waals surface area contributed by atoms with Crippen molar-refractivity contribution in [1.82, 2.24) is 10.2 Å². The first-order valence-corrected chi connectivity index (χ1v) is 13.3. The maximum atomic E-state index is 13.4. The predicted octanol–water partition coefficient (Wildman–Crippen LogP) is 3.46. The molecule has 4 N–H and O–H groups in total. The van der Waals surface area contributed by atoms with Crippen molar-refractivity contribution >= 4 is 17.8 Å². The van der Waals surface area contributed by atoms with Gasteiger partial charge in [0.2, 0.25) is 5.91 Å². The SMILES string of the molecule is CCC1(CC)CC(=O)N([C@@H]2CCOc3ccc(C(=O)N[C@@H]4c5cc(C)c(C)cc5OC[C@H]4O)cc32)C(N)=N1. The van der Waals surface area contributed by atoms with Gasteiger partial charge in [-0.05, 0) is 68.1 Å². The number of nitrogens with zero attached hydrogens (tertiary/aromatic N) is 2. The summed E-state index contributed by atoms with van der Waals surface area (Å²) in [7, 11) is 0. The van der Waals surface area contributed by atoms with Crippen LogP contribution in [0.15, 0.2) is 35.3 Å². The van der Waals surface area contributed by atoms with E-state index in [1.54, 1.807) is 23.1 Å². The van der Waals surface area contributed by atoms with Crippen LogP contribution in [0, 0.1) is 13.8 Å². The number of rotatable bonds is 5. The number of aliphatic hydroxyl groups is 1. The molecule has 0 bridgehead atoms. The summed E-state index contributed by atoms with van der Waals surface area (Å²) in [5.74, 6) is 1.08. The molecule has 2 aromatic rings. The van der Waals surface area contributed by atoms with E-state index < -0.39 is 17.7 Å². The van der Waals surface area contributed by atoms with Gasteiger partial charge in [0, 0.05) is 23.1 Å². The molecule has 0 saturated heterocycles. The topological polar surface area (TPSA) is 126 Å². The lowest BCUT2D eigenvalue weighted by atomic mass is 9.87. The van der Waals surface area contributed by atoms with Crippen LogP contribution in [0.25, 0.3) is 0 Å². The van der Waals surface area contributed by atoms with Gasteiger partial charge in [-0.1, -0.05) is 13.8 Å². The average Bonchev–Trinajstić information content (AvgIpc) is 2.90. The van der Waals surface area contributed by atoms with Crippen molar-refractivity contribution in [1.29, 1.82) is 0 Å². The number of aryl methyl sites for hydroxylation is 2. The summed E-state index contributed by atoms with van der Waals surface area (Å²) in [5, 5.41) is 13.7. The van der Waals surface area contributed by atoms with Gasteiger partial charge in [-0.25, -0.2) is 4.99 Å². The number of hydrogen-bond acceptors (Lipinski definition) is 7. The third-order valence-electron chi connectivity index (χ3n) is 8.30. The molecule has 0 aliphatic carbocycles. The van der Waals surface area contributed by atoms with Crippen LogP contribution >= 0.6 is 0 Å². The Kier molecular flexibility index (Phi) is 6.81. The second-order valence-corrected chi connectivity index (χ2v) is 10.6. The molecule has 3 aliphatic rings. The number of nitrogens with one attached hydrogen (secondary N) is 1. The lowest BCUT2D eigenvalue weighted by Gasteiger charge is -2.41. The third kappa shape index (κ3) is 4.49. The number of aliphatic imine (C=N–C) groups is 1. The average molecular weight is 521 g/mol. The Balaban J connectivity index is 1.44. The lowest BCUT2D eigenvalue weighted by Crippen LogP contribution is -2.53. The van der Waals surface area contributed by atoms with Crippen LogP contribution in [-0.2, 0) is 4.79 Å². The molecular formula is C29H36N4O5. The van der Waals surface area contributed by atoms with Gasteiger partial charge in [-0.2, -0.15) is 0 Å². The molecule has 0 spiro atoms. The number of carbonyl (C=O) groups is 2. The fraction of sp³-hybridized carbons (Fsp3) is 0.483. The first-order valence-electron chi connectivity index (χ1n) is 13.3. The highest BCUT2D eigenvalue weighted by molar-refractivity contribution is 6.00. The maximum absolute atomic E-state index is 13.4. The monoisotopic (exact) mass is 520 g/mol. The molecule has 0 aromatic heterocycles. The van der Waals surface area contributed by atoms with Crippen molar-refractivity contribution in [2.24, 2.45) is 10.7 Å². The van der Waals surface area contributed by atoms with Crippen LogP contribution in [-0.4, -0.2) is 52.6 Å². The van der Waals surface area contributed by atoms with Crippen LogP contribution in [0.1, 0.15) is 84.2 Å². The highest BCUT2D eigenvalue weighted by atomic mass is 16.5. The maximum Gasteiger partial charge on any atom is 0.251 e. The number of ether oxygens (including phenoxy) is 2. The van der Waals surface area contributed by atoms with E-state index in [1.807, 2.05) is 39.8 Å². The Morgan fingerprint density at radius 2 is 1.87 bits per heavy atom. The molecule has 2 amide bonds. The van der Waals surface area contributed by atoms with Gasteiger partial charge >= 0.3 is 0 Å². The quantitative estimate of drug-likeness (QED) is 0.554. The van der Waals surface area contributed by atoms with Gasteiger partial charge in [0.25, 0.3) is 5.91 Å². The molecule has 2 aromatic carbocycles. The van der Waals surface area contributed by atoms with E-state index in [-0.39, 0.29) is 30.4 Å². The zero-order chi connectivity index (χ0) is 27.2. The highest BCUT2D eigenvalue weighted by Crippen LogP contribution is 2.40. The first kappa shape index (κ1) is 26.0. The molecule has 0 saturated carbocycles. The number of nitrogens with two attached hydrogens (primary N) is 1. The minimum atomic E-state index is -0.887. The Morgan fingerprint density at radius 1 is 1.13 bits per heavy atom. The molecule has 38 heavy (non-hydrogen) atoms.